The summed E-state index contributed by atoms with van der Waals surface area (Å²) in [6, 6.07) is -0.0496. The average molecular weight is 539 g/mol. The Labute approximate surface area is 194 Å². The van der Waals surface area contributed by atoms with Crippen LogP contribution in [-0.4, -0.2) is 74.9 Å². The molecule has 2 rings (SSSR count). The Bertz CT molecular complexity index is 650. The highest BCUT2D eigenvalue weighted by Gasteiger charge is 2.20. The summed E-state index contributed by atoms with van der Waals surface area (Å²) < 4.78 is 10.5. The van der Waals surface area contributed by atoms with Gasteiger partial charge in [-0.25, -0.2) is 9.78 Å². The highest BCUT2D eigenvalue weighted by molar-refractivity contribution is 14.0. The van der Waals surface area contributed by atoms with Gasteiger partial charge in [0.15, 0.2) is 5.96 Å². The second-order valence-corrected chi connectivity index (χ2v) is 7.74. The van der Waals surface area contributed by atoms with Gasteiger partial charge in [-0.1, -0.05) is 0 Å². The van der Waals surface area contributed by atoms with Crippen LogP contribution in [0.15, 0.2) is 4.99 Å². The predicted molar refractivity (Wildman–Crippen MR) is 128 cm³/mol. The second-order valence-electron chi connectivity index (χ2n) is 6.71. The van der Waals surface area contributed by atoms with E-state index < -0.39 is 0 Å². The summed E-state index contributed by atoms with van der Waals surface area (Å²) in [5, 5.41) is 7.54. The molecule has 1 aromatic rings. The maximum Gasteiger partial charge on any atom is 0.350 e. The lowest BCUT2D eigenvalue weighted by atomic mass is 10.2. The highest BCUT2D eigenvalue weighted by Crippen LogP contribution is 2.24. The van der Waals surface area contributed by atoms with Crippen LogP contribution in [0.25, 0.3) is 0 Å². The first-order valence-corrected chi connectivity index (χ1v) is 10.8. The van der Waals surface area contributed by atoms with E-state index in [0.29, 0.717) is 17.2 Å². The van der Waals surface area contributed by atoms with Gasteiger partial charge in [-0.3, -0.25) is 9.89 Å². The van der Waals surface area contributed by atoms with Gasteiger partial charge in [0.05, 0.1) is 31.6 Å². The fourth-order valence-electron chi connectivity index (χ4n) is 2.94. The second kappa shape index (κ2) is 14.1. The molecule has 2 N–H and O–H groups in total. The molecule has 0 bridgehead atoms. The quantitative estimate of drug-likeness (QED) is 0.164. The van der Waals surface area contributed by atoms with Gasteiger partial charge in [0.2, 0.25) is 0 Å². The van der Waals surface area contributed by atoms with E-state index in [-0.39, 0.29) is 36.0 Å². The Kier molecular flexibility index (Phi) is 12.7. The van der Waals surface area contributed by atoms with Crippen molar-refractivity contribution in [1.29, 1.82) is 0 Å². The van der Waals surface area contributed by atoms with E-state index in [2.05, 4.69) is 25.5 Å². The third kappa shape index (κ3) is 8.73. The maximum atomic E-state index is 12.0. The molecule has 2 heterocycles. The molecule has 0 radical (unpaired) electrons. The molecule has 1 aliphatic rings. The number of hydrogen-bond acceptors (Lipinski definition) is 7. The first-order chi connectivity index (χ1) is 13.5. The van der Waals surface area contributed by atoms with Crippen LogP contribution in [0.5, 0.6) is 0 Å². The van der Waals surface area contributed by atoms with Crippen LogP contribution in [0.1, 0.15) is 53.1 Å². The topological polar surface area (TPSA) is 88.1 Å². The van der Waals surface area contributed by atoms with E-state index in [1.807, 2.05) is 13.8 Å². The van der Waals surface area contributed by atoms with Crippen molar-refractivity contribution in [1.82, 2.24) is 20.5 Å². The molecular weight excluding hydrogens is 505 g/mol. The number of esters is 1. The van der Waals surface area contributed by atoms with Gasteiger partial charge in [0.25, 0.3) is 0 Å². The molecule has 0 spiro atoms. The number of rotatable bonds is 9. The van der Waals surface area contributed by atoms with E-state index in [1.165, 1.54) is 11.3 Å². The van der Waals surface area contributed by atoms with Gasteiger partial charge in [0.1, 0.15) is 9.88 Å². The number of nitrogens with one attached hydrogen (secondary N) is 2. The summed E-state index contributed by atoms with van der Waals surface area (Å²) in [7, 11) is 1.76. The van der Waals surface area contributed by atoms with Gasteiger partial charge < -0.3 is 20.1 Å². The number of unbranched alkanes of at least 4 members (excludes halogenated alkanes) is 1. The number of guanidine groups is 1. The van der Waals surface area contributed by atoms with Crippen molar-refractivity contribution in [2.45, 2.75) is 39.7 Å². The Morgan fingerprint density at radius 3 is 2.76 bits per heavy atom. The highest BCUT2D eigenvalue weighted by atomic mass is 127. The van der Waals surface area contributed by atoms with Gasteiger partial charge in [-0.15, -0.1) is 35.3 Å². The lowest BCUT2D eigenvalue weighted by Gasteiger charge is -2.26. The Balaban J connectivity index is 0.00000420. The van der Waals surface area contributed by atoms with Gasteiger partial charge in [-0.05, 0) is 40.2 Å². The minimum atomic E-state index is -0.307. The molecule has 0 aliphatic carbocycles. The number of ether oxygens (including phenoxy) is 2. The van der Waals surface area contributed by atoms with E-state index in [9.17, 15) is 4.79 Å². The number of aromatic nitrogens is 1. The van der Waals surface area contributed by atoms with E-state index in [1.54, 1.807) is 14.0 Å². The monoisotopic (exact) mass is 539 g/mol. The lowest BCUT2D eigenvalue weighted by Crippen LogP contribution is -2.39. The number of carbonyl (C=O) groups is 1. The smallest absolute Gasteiger partial charge is 0.350 e. The molecule has 0 amide bonds. The van der Waals surface area contributed by atoms with Crippen LogP contribution < -0.4 is 10.6 Å². The molecule has 0 aromatic carbocycles. The number of morpholine rings is 1. The standard InChI is InChI=1S/C19H33N5O3S.HI/c1-5-27-18(25)16-14(2)22-17(28-16)15(3)23-19(20-4)21-8-6-7-9-24-10-12-26-13-11-24;/h15H,5-13H2,1-4H3,(H2,20,21,23);1H. The van der Waals surface area contributed by atoms with Crippen LogP contribution in [-0.2, 0) is 9.47 Å². The number of thiazole rings is 1. The van der Waals surface area contributed by atoms with Crippen molar-refractivity contribution >= 4 is 47.2 Å². The van der Waals surface area contributed by atoms with Gasteiger partial charge in [0, 0.05) is 26.7 Å². The minimum absolute atomic E-state index is 0. The van der Waals surface area contributed by atoms with Gasteiger partial charge in [-0.2, -0.15) is 0 Å². The summed E-state index contributed by atoms with van der Waals surface area (Å²) in [5.41, 5.74) is 0.707. The zero-order valence-corrected chi connectivity index (χ0v) is 21.0. The van der Waals surface area contributed by atoms with Crippen molar-refractivity contribution in [2.75, 3.05) is 53.0 Å². The van der Waals surface area contributed by atoms with Crippen LogP contribution in [0.2, 0.25) is 0 Å². The molecule has 1 aliphatic heterocycles. The molecule has 10 heteroatoms. The third-order valence-electron chi connectivity index (χ3n) is 4.52. The molecule has 29 heavy (non-hydrogen) atoms. The van der Waals surface area contributed by atoms with Crippen LogP contribution in [0.4, 0.5) is 0 Å². The van der Waals surface area contributed by atoms with Crippen LogP contribution in [0.3, 0.4) is 0 Å². The van der Waals surface area contributed by atoms with Crippen molar-refractivity contribution < 1.29 is 14.3 Å². The molecule has 1 aromatic heterocycles. The fourth-order valence-corrected chi connectivity index (χ4v) is 3.90. The summed E-state index contributed by atoms with van der Waals surface area (Å²) >= 11 is 1.37. The van der Waals surface area contributed by atoms with Crippen molar-refractivity contribution in [3.63, 3.8) is 0 Å². The summed E-state index contributed by atoms with van der Waals surface area (Å²) in [6.45, 7) is 11.8. The number of hydrogen-bond donors (Lipinski definition) is 2. The molecule has 166 valence electrons. The molecule has 8 nitrogen and oxygen atoms in total. The SMILES string of the molecule is CCOC(=O)c1sc(C(C)NC(=NC)NCCCCN2CCOCC2)nc1C.I. The number of aryl methyl sites for hydroxylation is 1. The molecule has 1 unspecified atom stereocenters. The molecule has 1 saturated heterocycles. The number of nitrogens with zero attached hydrogens (tertiary/aromatic N) is 3. The predicted octanol–water partition coefficient (Wildman–Crippen LogP) is 2.58. The molecule has 1 atom stereocenters. The normalized spacial score (nSPS) is 16.1. The first kappa shape index (κ1) is 26.1. The number of halogens is 1. The minimum Gasteiger partial charge on any atom is -0.462 e. The Morgan fingerprint density at radius 2 is 2.10 bits per heavy atom. The maximum absolute atomic E-state index is 12.0. The Hall–Kier alpha value is -0.980. The zero-order chi connectivity index (χ0) is 20.4. The van der Waals surface area contributed by atoms with E-state index in [0.717, 1.165) is 63.2 Å². The first-order valence-electron chi connectivity index (χ1n) is 9.96. The van der Waals surface area contributed by atoms with Gasteiger partial charge >= 0.3 is 5.97 Å². The van der Waals surface area contributed by atoms with E-state index >= 15 is 0 Å². The Morgan fingerprint density at radius 1 is 1.38 bits per heavy atom. The molecule has 1 fully saturated rings. The lowest BCUT2D eigenvalue weighted by molar-refractivity contribution is 0.0372. The summed E-state index contributed by atoms with van der Waals surface area (Å²) in [4.78, 5) is 23.8. The van der Waals surface area contributed by atoms with Crippen LogP contribution >= 0.6 is 35.3 Å². The summed E-state index contributed by atoms with van der Waals surface area (Å²) in [5.74, 6) is 0.433. The number of carbonyl (C=O) groups excluding carboxylic acids is 1. The van der Waals surface area contributed by atoms with Crippen LogP contribution in [0, 0.1) is 6.92 Å². The fraction of sp³-hybridized carbons (Fsp3) is 0.737. The average Bonchev–Trinajstić information content (AvgIpc) is 3.09. The largest absolute Gasteiger partial charge is 0.462 e. The molecular formula is C19H34IN5O3S. The van der Waals surface area contributed by atoms with Crippen molar-refractivity contribution in [3.8, 4) is 0 Å². The third-order valence-corrected chi connectivity index (χ3v) is 5.84. The van der Waals surface area contributed by atoms with Crippen molar-refractivity contribution in [3.05, 3.63) is 15.6 Å². The number of aliphatic imine (C=N–C) groups is 1. The van der Waals surface area contributed by atoms with Crippen molar-refractivity contribution in [2.24, 2.45) is 4.99 Å². The molecule has 0 saturated carbocycles. The van der Waals surface area contributed by atoms with E-state index in [4.69, 9.17) is 9.47 Å². The summed E-state index contributed by atoms with van der Waals surface area (Å²) in [6.07, 6.45) is 2.23. The zero-order valence-electron chi connectivity index (χ0n) is 17.8.